The van der Waals surface area contributed by atoms with Crippen molar-refractivity contribution in [2.75, 3.05) is 32.7 Å². The summed E-state index contributed by atoms with van der Waals surface area (Å²) in [6.45, 7) is 33.0. The SMILES string of the molecule is CC1(C)CC(n2nnc3cc(-c4ccc(-n5nccn5)cc4)nnc32)CC(C)(C)N1.CCN1CCC(c2cc(C)c3nc(-c4ccc5nn(C)cc5c4)cc(=O)n3c2)CC1.Cc1cc(-c2ccc(-c3ccc(OC4CC(C)(C)NC(C)(C)C4)nn3)c(O)c2)ccn1.Cc1cn2nc(-c3cc(F)c4nc(C5CCNCC5)nnc4c3)cc(C)c2n1. The molecule has 29 heteroatoms. The number of likely N-dealkylation sites (tertiary alicyclic amines) is 1. The molecule has 0 radical (unpaired) electrons. The average Bonchev–Trinajstić information content (AvgIpc) is 1.71. The number of phenolic OH excluding ortho intramolecular Hbond substituents is 1. The van der Waals surface area contributed by atoms with Gasteiger partial charge in [-0.05, 0) is 267 Å². The van der Waals surface area contributed by atoms with Gasteiger partial charge < -0.3 is 30.7 Å². The van der Waals surface area contributed by atoms with E-state index in [1.165, 1.54) is 11.6 Å². The minimum Gasteiger partial charge on any atom is -0.507 e. The van der Waals surface area contributed by atoms with Crippen LogP contribution in [0.25, 0.3) is 106 Å². The molecule has 0 atom stereocenters. The topological polar surface area (TPSA) is 316 Å². The van der Waals surface area contributed by atoms with Crippen molar-refractivity contribution in [1.82, 2.24) is 125 Å². The van der Waals surface area contributed by atoms with Gasteiger partial charge in [0.15, 0.2) is 17.3 Å². The van der Waals surface area contributed by atoms with Crippen LogP contribution < -0.4 is 26.2 Å². The summed E-state index contributed by atoms with van der Waals surface area (Å²) in [6, 6.07) is 38.3. The van der Waals surface area contributed by atoms with Gasteiger partial charge in [0, 0.05) is 112 Å². The first kappa shape index (κ1) is 80.6. The molecule has 4 aliphatic heterocycles. The molecule has 4 fully saturated rings. The molecule has 15 heterocycles. The fourth-order valence-electron chi connectivity index (χ4n) is 17.8. The molecule has 0 unspecified atom stereocenters. The van der Waals surface area contributed by atoms with Crippen molar-refractivity contribution in [2.24, 2.45) is 7.05 Å². The van der Waals surface area contributed by atoms with Gasteiger partial charge in [-0.1, -0.05) is 42.5 Å². The third-order valence-corrected chi connectivity index (χ3v) is 22.8. The van der Waals surface area contributed by atoms with Crippen molar-refractivity contribution in [3.05, 3.63) is 209 Å². The fourth-order valence-corrected chi connectivity index (χ4v) is 17.8. The van der Waals surface area contributed by atoms with E-state index in [2.05, 4.69) is 172 Å². The lowest BCUT2D eigenvalue weighted by Gasteiger charge is -2.46. The number of aromatic nitrogens is 21. The molecule has 11 aromatic heterocycles. The van der Waals surface area contributed by atoms with Gasteiger partial charge in [0.1, 0.15) is 34.1 Å². The zero-order valence-electron chi connectivity index (χ0n) is 70.0. The first-order valence-electron chi connectivity index (χ1n) is 41.0. The van der Waals surface area contributed by atoms with Crippen molar-refractivity contribution in [2.45, 2.75) is 188 Å². The summed E-state index contributed by atoms with van der Waals surface area (Å²) in [4.78, 5) is 35.1. The molecule has 4 aromatic carbocycles. The molecule has 119 heavy (non-hydrogen) atoms. The highest BCUT2D eigenvalue weighted by Crippen LogP contribution is 2.40. The highest BCUT2D eigenvalue weighted by atomic mass is 19.1. The Hall–Kier alpha value is -12.2. The number of rotatable bonds is 12. The molecular weight excluding hydrogens is 1500 g/mol. The van der Waals surface area contributed by atoms with Crippen LogP contribution in [0.4, 0.5) is 4.39 Å². The van der Waals surface area contributed by atoms with Gasteiger partial charge in [0.25, 0.3) is 5.56 Å². The van der Waals surface area contributed by atoms with E-state index >= 15 is 0 Å². The molecule has 4 aliphatic rings. The summed E-state index contributed by atoms with van der Waals surface area (Å²) >= 11 is 0. The molecule has 28 nitrogen and oxygen atoms in total. The van der Waals surface area contributed by atoms with Crippen LogP contribution in [-0.2, 0) is 7.05 Å². The largest absolute Gasteiger partial charge is 0.507 e. The van der Waals surface area contributed by atoms with Crippen molar-refractivity contribution in [3.8, 4) is 73.5 Å². The summed E-state index contributed by atoms with van der Waals surface area (Å²) in [7, 11) is 1.91. The van der Waals surface area contributed by atoms with E-state index in [-0.39, 0.29) is 57.0 Å². The Morgan fingerprint density at radius 2 is 1.24 bits per heavy atom. The number of ether oxygens (including phenoxy) is 1. The third kappa shape index (κ3) is 18.3. The quantitative estimate of drug-likeness (QED) is 0.0883. The van der Waals surface area contributed by atoms with E-state index in [9.17, 15) is 14.3 Å². The standard InChI is InChI=1S/C25H30N4O2.C24H27N5O.C21H25N9.C20H20FN7/c1-16-12-18(10-11-26-16)17-6-7-20(22(30)13-17)21-8-9-23(28-27-21)31-19-14-24(2,3)29-25(4,5)15-19;1-4-28-9-7-17(8-10-28)19-11-16(2)24-25-22(13-23(30)29(24)15-19)18-5-6-21-20(12-18)14-27(3)26-21;1-20(2)12-16(13-21(3,4)27-20)29-19-18(25-28-29)11-17(24-26-19)14-5-7-15(8-6-14)30-22-9-10-23-30;1-11-7-16(27-28-10-12(2)23-20(11)28)14-8-15(21)18-17(9-14)25-26-19(24-18)13-3-5-22-6-4-13/h6-13,19,29-30H,14-15H2,1-5H3;5-6,11-15,17H,4,7-10H2,1-3H3;5-11,16,27H,12-13H2,1-4H3;7-10,13,22H,3-6H2,1-2H3. The van der Waals surface area contributed by atoms with Gasteiger partial charge in [-0.3, -0.25) is 18.9 Å². The molecule has 0 aliphatic carbocycles. The van der Waals surface area contributed by atoms with Gasteiger partial charge in [0.05, 0.1) is 64.3 Å². The number of aromatic hydroxyl groups is 1. The summed E-state index contributed by atoms with van der Waals surface area (Å²) in [6.07, 6.45) is 18.9. The molecule has 612 valence electrons. The maximum atomic E-state index is 14.9. The Balaban J connectivity index is 0.000000118. The minimum atomic E-state index is -0.404. The molecule has 15 aromatic rings. The third-order valence-electron chi connectivity index (χ3n) is 22.8. The number of nitrogens with one attached hydrogen (secondary N) is 3. The van der Waals surface area contributed by atoms with Gasteiger partial charge in [-0.25, -0.2) is 28.5 Å². The zero-order chi connectivity index (χ0) is 83.2. The lowest BCUT2D eigenvalue weighted by Crippen LogP contribution is -2.60. The van der Waals surface area contributed by atoms with Gasteiger partial charge in [-0.15, -0.1) is 35.7 Å². The minimum absolute atomic E-state index is 0.000672. The van der Waals surface area contributed by atoms with Crippen molar-refractivity contribution < 1.29 is 14.2 Å². The lowest BCUT2D eigenvalue weighted by molar-refractivity contribution is 0.0524. The second-order valence-electron chi connectivity index (χ2n) is 34.8. The van der Waals surface area contributed by atoms with E-state index in [0.717, 1.165) is 174 Å². The average molecular weight is 1600 g/mol. The Labute approximate surface area is 689 Å². The van der Waals surface area contributed by atoms with Gasteiger partial charge in [0.2, 0.25) is 11.5 Å². The number of fused-ring (bicyclic) bond motifs is 5. The van der Waals surface area contributed by atoms with Crippen molar-refractivity contribution >= 4 is 44.4 Å². The normalized spacial score (nSPS) is 17.1. The summed E-state index contributed by atoms with van der Waals surface area (Å²) in [5, 5.41) is 74.6. The number of hydrogen-bond acceptors (Lipinski definition) is 23. The van der Waals surface area contributed by atoms with Crippen LogP contribution in [0.5, 0.6) is 11.6 Å². The van der Waals surface area contributed by atoms with Crippen LogP contribution >= 0.6 is 0 Å². The van der Waals surface area contributed by atoms with Crippen LogP contribution in [0.2, 0.25) is 0 Å². The molecule has 4 saturated heterocycles. The molecule has 0 saturated carbocycles. The Morgan fingerprint density at radius 3 is 1.95 bits per heavy atom. The number of piperidine rings is 4. The van der Waals surface area contributed by atoms with Crippen LogP contribution in [0.1, 0.15) is 165 Å². The fraction of sp³-hybridized carbons (Fsp3) is 0.389. The number of nitrogens with zero attached hydrogens (tertiary/aromatic N) is 22. The van der Waals surface area contributed by atoms with E-state index in [4.69, 9.17) is 9.72 Å². The maximum absolute atomic E-state index is 14.9. The van der Waals surface area contributed by atoms with Gasteiger partial charge >= 0.3 is 0 Å². The number of pyridine rings is 2. The second kappa shape index (κ2) is 33.0. The number of imidazole rings is 1. The highest BCUT2D eigenvalue weighted by molar-refractivity contribution is 5.84. The van der Waals surface area contributed by atoms with E-state index in [1.807, 2.05) is 142 Å². The number of phenols is 1. The highest BCUT2D eigenvalue weighted by Gasteiger charge is 2.41. The molecular formula is C90H102FN25O3. The Morgan fingerprint density at radius 1 is 0.546 bits per heavy atom. The predicted molar refractivity (Wildman–Crippen MR) is 459 cm³/mol. The van der Waals surface area contributed by atoms with Crippen molar-refractivity contribution in [3.63, 3.8) is 0 Å². The van der Waals surface area contributed by atoms with E-state index < -0.39 is 5.82 Å². The Bertz CT molecular complexity index is 6230. The molecule has 0 bridgehead atoms. The first-order chi connectivity index (χ1) is 57.0. The Kier molecular flexibility index (Phi) is 22.3. The van der Waals surface area contributed by atoms with Gasteiger partial charge in [-0.2, -0.15) is 25.2 Å². The summed E-state index contributed by atoms with van der Waals surface area (Å²) in [5.41, 5.74) is 18.5. The first-order valence-corrected chi connectivity index (χ1v) is 41.0. The van der Waals surface area contributed by atoms with E-state index in [1.54, 1.807) is 55.2 Å². The molecule has 4 N–H and O–H groups in total. The smallest absolute Gasteiger partial charge is 0.258 e. The number of aryl methyl sites for hydroxylation is 5. The van der Waals surface area contributed by atoms with E-state index in [0.29, 0.717) is 51.3 Å². The van der Waals surface area contributed by atoms with Crippen LogP contribution in [-0.4, -0.2) is 175 Å². The number of benzene rings is 4. The van der Waals surface area contributed by atoms with Crippen LogP contribution in [0.15, 0.2) is 163 Å². The summed E-state index contributed by atoms with van der Waals surface area (Å²) < 4.78 is 28.3. The lowest BCUT2D eigenvalue weighted by atomic mass is 9.79. The second-order valence-corrected chi connectivity index (χ2v) is 34.8. The maximum Gasteiger partial charge on any atom is 0.258 e. The zero-order valence-corrected chi connectivity index (χ0v) is 70.0. The molecule has 0 spiro atoms. The van der Waals surface area contributed by atoms with Crippen LogP contribution in [0, 0.1) is 33.5 Å². The number of hydrogen-bond donors (Lipinski definition) is 4. The molecule has 0 amide bonds. The monoisotopic (exact) mass is 1600 g/mol. The van der Waals surface area contributed by atoms with Crippen molar-refractivity contribution in [1.29, 1.82) is 0 Å². The van der Waals surface area contributed by atoms with Crippen LogP contribution in [0.3, 0.4) is 0 Å². The number of halogens is 1. The summed E-state index contributed by atoms with van der Waals surface area (Å²) in [5.74, 6) is 1.63. The molecule has 19 rings (SSSR count). The predicted octanol–water partition coefficient (Wildman–Crippen LogP) is 14.6.